The summed E-state index contributed by atoms with van der Waals surface area (Å²) < 4.78 is 5.85. The Bertz CT molecular complexity index is 832. The van der Waals surface area contributed by atoms with Crippen LogP contribution >= 0.6 is 7.78 Å². The SMILES string of the molecule is C=CC[C@@H](OC)C1=C(c2ccccc2)C(=O)C[C@@H]1C[S+](PC)c1ccccc1. The number of allylic oxidation sites excluding steroid dienone is 1. The van der Waals surface area contributed by atoms with Gasteiger partial charge in [-0.2, -0.15) is 0 Å². The number of methoxy groups -OCH3 is 1. The van der Waals surface area contributed by atoms with E-state index in [0.717, 1.165) is 31.1 Å². The van der Waals surface area contributed by atoms with Gasteiger partial charge >= 0.3 is 0 Å². The van der Waals surface area contributed by atoms with E-state index in [1.807, 2.05) is 36.4 Å². The van der Waals surface area contributed by atoms with Gasteiger partial charge in [0, 0.05) is 42.2 Å². The summed E-state index contributed by atoms with van der Waals surface area (Å²) in [4.78, 5) is 14.5. The molecule has 4 heteroatoms. The quantitative estimate of drug-likeness (QED) is 0.308. The molecular formula is C24H28O2PS+. The molecule has 0 aliphatic heterocycles. The molecule has 0 saturated heterocycles. The van der Waals surface area contributed by atoms with Crippen LogP contribution in [-0.2, 0) is 20.0 Å². The molecule has 4 atom stereocenters. The highest BCUT2D eigenvalue weighted by molar-refractivity contribution is 8.46. The molecular weight excluding hydrogens is 383 g/mol. The van der Waals surface area contributed by atoms with E-state index in [-0.39, 0.29) is 28.3 Å². The smallest absolute Gasteiger partial charge is 0.164 e. The molecule has 0 radical (unpaired) electrons. The highest BCUT2D eigenvalue weighted by Gasteiger charge is 2.40. The molecule has 1 aliphatic rings. The summed E-state index contributed by atoms with van der Waals surface area (Å²) in [6.45, 7) is 6.17. The van der Waals surface area contributed by atoms with Crippen molar-refractivity contribution in [1.82, 2.24) is 0 Å². The summed E-state index contributed by atoms with van der Waals surface area (Å²) in [5.41, 5.74) is 3.05. The van der Waals surface area contributed by atoms with Gasteiger partial charge in [-0.25, -0.2) is 0 Å². The van der Waals surface area contributed by atoms with Crippen molar-refractivity contribution < 1.29 is 9.53 Å². The first kappa shape index (κ1) is 21.0. The third-order valence-electron chi connectivity index (χ3n) is 5.16. The lowest BCUT2D eigenvalue weighted by atomic mass is 9.92. The fourth-order valence-electron chi connectivity index (χ4n) is 3.89. The fraction of sp³-hybridized carbons (Fsp3) is 0.292. The van der Waals surface area contributed by atoms with E-state index in [9.17, 15) is 4.79 Å². The van der Waals surface area contributed by atoms with Gasteiger partial charge in [-0.05, 0) is 29.7 Å². The fourth-order valence-corrected chi connectivity index (χ4v) is 7.89. The second-order valence-electron chi connectivity index (χ2n) is 6.84. The number of rotatable bonds is 9. The van der Waals surface area contributed by atoms with Gasteiger partial charge in [0.15, 0.2) is 10.7 Å². The first-order chi connectivity index (χ1) is 13.7. The van der Waals surface area contributed by atoms with Crippen LogP contribution in [0.25, 0.3) is 5.57 Å². The van der Waals surface area contributed by atoms with Gasteiger partial charge in [0.05, 0.1) is 6.10 Å². The van der Waals surface area contributed by atoms with Crippen LogP contribution in [-0.4, -0.2) is 31.4 Å². The van der Waals surface area contributed by atoms with E-state index in [2.05, 4.69) is 43.6 Å². The normalized spacial score (nSPS) is 19.4. The summed E-state index contributed by atoms with van der Waals surface area (Å²) in [6, 6.07) is 20.8. The first-order valence-corrected chi connectivity index (χ1v) is 13.2. The van der Waals surface area contributed by atoms with Crippen molar-refractivity contribution in [2.45, 2.75) is 23.8 Å². The van der Waals surface area contributed by atoms with E-state index < -0.39 is 0 Å². The minimum atomic E-state index is -0.0921. The number of benzene rings is 2. The number of hydrogen-bond acceptors (Lipinski definition) is 2. The van der Waals surface area contributed by atoms with Crippen LogP contribution < -0.4 is 0 Å². The minimum absolute atomic E-state index is 0.0921. The van der Waals surface area contributed by atoms with Crippen LogP contribution in [0.2, 0.25) is 0 Å². The molecule has 2 aromatic rings. The Labute approximate surface area is 173 Å². The molecule has 0 aromatic heterocycles. The van der Waals surface area contributed by atoms with Gasteiger partial charge in [-0.1, -0.05) is 54.6 Å². The minimum Gasteiger partial charge on any atom is -0.377 e. The highest BCUT2D eigenvalue weighted by atomic mass is 32.7. The molecule has 146 valence electrons. The molecule has 0 bridgehead atoms. The van der Waals surface area contributed by atoms with Gasteiger partial charge in [-0.15, -0.1) is 6.58 Å². The first-order valence-electron chi connectivity index (χ1n) is 9.59. The molecule has 0 fully saturated rings. The molecule has 1 aliphatic carbocycles. The Morgan fingerprint density at radius 2 is 1.82 bits per heavy atom. The third-order valence-corrected chi connectivity index (χ3v) is 9.91. The Morgan fingerprint density at radius 1 is 1.18 bits per heavy atom. The lowest BCUT2D eigenvalue weighted by Gasteiger charge is -2.22. The summed E-state index contributed by atoms with van der Waals surface area (Å²) in [7, 11) is 2.71. The largest absolute Gasteiger partial charge is 0.377 e. The Balaban J connectivity index is 2.01. The standard InChI is InChI=1S/C24H28O2PS/c1-4-11-22(26-2)24-19(17-28(27-3)20-14-9-6-10-15-20)16-21(25)23(24)18-12-7-5-8-13-18/h4-10,12-15,19,22,27H,1,11,16-17H2,2-3H3/q+1/t19-,22-,28?/m1/s1. The van der Waals surface area contributed by atoms with Crippen LogP contribution in [0.15, 0.2) is 83.8 Å². The third kappa shape index (κ3) is 4.66. The average Bonchev–Trinajstić information content (AvgIpc) is 3.07. The Hall–Kier alpha value is -1.67. The summed E-state index contributed by atoms with van der Waals surface area (Å²) in [5, 5.41) is 0. The number of Topliss-reactive ketones (excluding diaryl/α,β-unsaturated/α-hetero) is 1. The van der Waals surface area contributed by atoms with Crippen LogP contribution in [0.3, 0.4) is 0 Å². The van der Waals surface area contributed by atoms with Crippen LogP contribution in [0, 0.1) is 5.92 Å². The lowest BCUT2D eigenvalue weighted by Crippen LogP contribution is -2.23. The topological polar surface area (TPSA) is 26.3 Å². The van der Waals surface area contributed by atoms with Crippen LogP contribution in [0.5, 0.6) is 0 Å². The van der Waals surface area contributed by atoms with E-state index in [1.165, 1.54) is 10.5 Å². The molecule has 2 aromatic carbocycles. The maximum atomic E-state index is 13.1. The zero-order chi connectivity index (χ0) is 19.9. The molecule has 0 amide bonds. The van der Waals surface area contributed by atoms with Crippen molar-refractivity contribution in [3.05, 3.63) is 84.5 Å². The second-order valence-corrected chi connectivity index (χ2v) is 11.5. The summed E-state index contributed by atoms with van der Waals surface area (Å²) in [5.74, 6) is 1.48. The monoisotopic (exact) mass is 411 g/mol. The van der Waals surface area contributed by atoms with Gasteiger partial charge < -0.3 is 4.74 Å². The van der Waals surface area contributed by atoms with Crippen molar-refractivity contribution in [2.75, 3.05) is 19.5 Å². The average molecular weight is 412 g/mol. The Morgan fingerprint density at radius 3 is 2.39 bits per heavy atom. The van der Waals surface area contributed by atoms with Crippen LogP contribution in [0.1, 0.15) is 18.4 Å². The van der Waals surface area contributed by atoms with E-state index >= 15 is 0 Å². The second kappa shape index (κ2) is 10.2. The van der Waals surface area contributed by atoms with E-state index in [0.29, 0.717) is 6.42 Å². The molecule has 0 N–H and O–H groups in total. The van der Waals surface area contributed by atoms with E-state index in [4.69, 9.17) is 4.74 Å². The number of hydrogen-bond donors (Lipinski definition) is 0. The molecule has 2 nitrogen and oxygen atoms in total. The van der Waals surface area contributed by atoms with Crippen molar-refractivity contribution in [2.24, 2.45) is 5.92 Å². The zero-order valence-electron chi connectivity index (χ0n) is 16.6. The van der Waals surface area contributed by atoms with Crippen LogP contribution in [0.4, 0.5) is 0 Å². The molecule has 0 saturated carbocycles. The predicted octanol–water partition coefficient (Wildman–Crippen LogP) is 5.52. The molecule has 0 spiro atoms. The number of ether oxygens (including phenoxy) is 1. The van der Waals surface area contributed by atoms with Gasteiger partial charge in [-0.3, -0.25) is 4.79 Å². The highest BCUT2D eigenvalue weighted by Crippen LogP contribution is 2.43. The van der Waals surface area contributed by atoms with Crippen molar-refractivity contribution in [3.63, 3.8) is 0 Å². The molecule has 28 heavy (non-hydrogen) atoms. The lowest BCUT2D eigenvalue weighted by molar-refractivity contribution is -0.113. The maximum Gasteiger partial charge on any atom is 0.164 e. The predicted molar refractivity (Wildman–Crippen MR) is 123 cm³/mol. The van der Waals surface area contributed by atoms with Gasteiger partial charge in [0.2, 0.25) is 0 Å². The molecule has 0 heterocycles. The molecule has 3 rings (SSSR count). The number of ketones is 1. The van der Waals surface area contributed by atoms with Crippen molar-refractivity contribution >= 4 is 29.7 Å². The van der Waals surface area contributed by atoms with Gasteiger partial charge in [0.25, 0.3) is 0 Å². The zero-order valence-corrected chi connectivity index (χ0v) is 18.4. The van der Waals surface area contributed by atoms with Gasteiger partial charge in [0.1, 0.15) is 13.5 Å². The summed E-state index contributed by atoms with van der Waals surface area (Å²) in [6.07, 6.45) is 3.10. The maximum absolute atomic E-state index is 13.1. The van der Waals surface area contributed by atoms with Crippen molar-refractivity contribution in [1.29, 1.82) is 0 Å². The van der Waals surface area contributed by atoms with Crippen molar-refractivity contribution in [3.8, 4) is 0 Å². The number of carbonyl (C=O) groups is 1. The van der Waals surface area contributed by atoms with E-state index in [1.54, 1.807) is 7.11 Å². The molecule has 2 unspecified atom stereocenters. The Kier molecular flexibility index (Phi) is 7.67. The summed E-state index contributed by atoms with van der Waals surface area (Å²) >= 11 is 0. The number of carbonyl (C=O) groups excluding carboxylic acids is 1.